The molecule has 13 aliphatic rings. The largest absolute Gasteiger partial charge is 0.106 e. The molecule has 0 unspecified atom stereocenters. The van der Waals surface area contributed by atoms with Crippen LogP contribution < -0.4 is 0 Å². The van der Waals surface area contributed by atoms with Crippen LogP contribution >= 0.6 is 374 Å². The molecule has 0 N–H and O–H groups in total. The van der Waals surface area contributed by atoms with Crippen LogP contribution in [0.15, 0.2) is 134 Å². The van der Waals surface area contributed by atoms with E-state index in [0.717, 1.165) is 20.3 Å². The Morgan fingerprint density at radius 1 is 0.212 bits per heavy atom. The molecular weight excluding hydrogens is 1430 g/mol. The van der Waals surface area contributed by atoms with Gasteiger partial charge < -0.3 is 0 Å². The second kappa shape index (κ2) is 24.6. The lowest BCUT2D eigenvalue weighted by molar-refractivity contribution is 2.15. The van der Waals surface area contributed by atoms with Gasteiger partial charge in [0.2, 0.25) is 0 Å². The molecule has 0 saturated carbocycles. The molecule has 66 heavy (non-hydrogen) atoms. The Labute approximate surface area is 519 Å². The standard InChI is InChI=1S/C34H14S32/c1-10-47-33(31-53-17-18(54-31)44-7-40-14-13(39-6-43-17)49-23(50-14)25-61-27-28(62-25)58-21(57-27)11-35-2-3-36-11)65-66-34(48-10)32-55-19-20(56-32)46-9-42-16-15(41-8-45-19)51-24(52-16)26-63-29-30(64-26)60-22(59-29)12-37-4-5-38-12/h2-5H,1,6-9H2. The number of rotatable bonds is 0. The summed E-state index contributed by atoms with van der Waals surface area (Å²) in [5.41, 5.74) is 0. The summed E-state index contributed by atoms with van der Waals surface area (Å²) in [6.07, 6.45) is 0. The molecule has 0 nitrogen and oxygen atoms in total. The van der Waals surface area contributed by atoms with Gasteiger partial charge in [-0.15, -0.1) is 94.1 Å². The summed E-state index contributed by atoms with van der Waals surface area (Å²) in [4.78, 5) is 0. The van der Waals surface area contributed by atoms with Crippen molar-refractivity contribution >= 4 is 374 Å². The van der Waals surface area contributed by atoms with Gasteiger partial charge in [-0.3, -0.25) is 0 Å². The number of hydrogen-bond donors (Lipinski definition) is 0. The van der Waals surface area contributed by atoms with E-state index in [1.165, 1.54) is 106 Å². The number of thioether (sulfide) groups is 30. The Bertz CT molecular complexity index is 2400. The van der Waals surface area contributed by atoms with Crippen LogP contribution in [0.1, 0.15) is 0 Å². The second-order valence-corrected chi connectivity index (χ2v) is 52.1. The van der Waals surface area contributed by atoms with Crippen LogP contribution in [0, 0.1) is 0 Å². The third-order valence-electron chi connectivity index (χ3n) is 7.90. The SMILES string of the molecule is C=C1SC(=C2SC3=C(SCSC4=C(SCS3)SC(=C3SC5=C(SC(=C6SC=CS6)S5)S3)S4)S2)SSC(=C2SC3=C(SCSC4=C(SCS3)SC(=C3SC5=C(SC(=C6SC=CS6)S5)S3)S4)S2)S1. The fourth-order valence-corrected chi connectivity index (χ4v) is 55.2. The third kappa shape index (κ3) is 12.1. The molecule has 0 radical (unpaired) electrons. The van der Waals surface area contributed by atoms with E-state index in [-0.39, 0.29) is 0 Å². The lowest BCUT2D eigenvalue weighted by Gasteiger charge is -2.09. The van der Waals surface area contributed by atoms with Gasteiger partial charge in [-0.1, -0.05) is 265 Å². The van der Waals surface area contributed by atoms with Gasteiger partial charge >= 0.3 is 0 Å². The van der Waals surface area contributed by atoms with Crippen LogP contribution in [0.3, 0.4) is 0 Å². The lowest BCUT2D eigenvalue weighted by atomic mass is 11.2. The predicted octanol–water partition coefficient (Wildman–Crippen LogP) is 26.3. The van der Waals surface area contributed by atoms with Crippen molar-refractivity contribution in [2.24, 2.45) is 0 Å². The summed E-state index contributed by atoms with van der Waals surface area (Å²) in [7, 11) is 3.90. The van der Waals surface area contributed by atoms with E-state index in [1.807, 2.05) is 374 Å². The highest BCUT2D eigenvalue weighted by Crippen LogP contribution is 2.76. The Morgan fingerprint density at radius 3 is 0.621 bits per heavy atom. The summed E-state index contributed by atoms with van der Waals surface area (Å²) < 4.78 is 36.3. The average Bonchev–Trinajstić information content (AvgIpc) is 4.15. The van der Waals surface area contributed by atoms with Crippen molar-refractivity contribution in [3.63, 3.8) is 0 Å². The molecule has 13 heterocycles. The molecule has 0 atom stereocenters. The average molecular weight is 1450 g/mol. The maximum Gasteiger partial charge on any atom is 0.0775 e. The van der Waals surface area contributed by atoms with Crippen molar-refractivity contribution in [2.45, 2.75) is 0 Å². The Morgan fingerprint density at radius 2 is 0.394 bits per heavy atom. The van der Waals surface area contributed by atoms with Crippen molar-refractivity contribution in [3.05, 3.63) is 134 Å². The lowest BCUT2D eigenvalue weighted by Crippen LogP contribution is -1.80. The third-order valence-corrected chi connectivity index (χ3v) is 54.6. The van der Waals surface area contributed by atoms with Crippen LogP contribution in [0.25, 0.3) is 0 Å². The van der Waals surface area contributed by atoms with E-state index in [4.69, 9.17) is 0 Å². The van der Waals surface area contributed by atoms with Crippen molar-refractivity contribution < 1.29 is 0 Å². The first-order valence-electron chi connectivity index (χ1n) is 17.6. The molecule has 13 rings (SSSR count). The molecule has 0 aromatic carbocycles. The van der Waals surface area contributed by atoms with Gasteiger partial charge in [0.25, 0.3) is 0 Å². The summed E-state index contributed by atoms with van der Waals surface area (Å²) in [6, 6.07) is 0. The van der Waals surface area contributed by atoms with E-state index in [0.29, 0.717) is 0 Å². The maximum atomic E-state index is 4.59. The van der Waals surface area contributed by atoms with E-state index in [1.54, 1.807) is 0 Å². The monoisotopic (exact) mass is 1450 g/mol. The predicted molar refractivity (Wildman–Crippen MR) is 374 cm³/mol. The molecule has 342 valence electrons. The summed E-state index contributed by atoms with van der Waals surface area (Å²) >= 11 is 59.5. The van der Waals surface area contributed by atoms with E-state index in [2.05, 4.69) is 28.2 Å². The molecule has 32 heteroatoms. The molecule has 1 saturated heterocycles. The summed E-state index contributed by atoms with van der Waals surface area (Å²) in [6.45, 7) is 4.59. The van der Waals surface area contributed by atoms with Gasteiger partial charge in [0.1, 0.15) is 0 Å². The highest BCUT2D eigenvalue weighted by atomic mass is 33.1. The molecule has 0 spiro atoms. The number of hydrogen-bond acceptors (Lipinski definition) is 32. The molecule has 0 aromatic heterocycles. The fourth-order valence-electron chi connectivity index (χ4n) is 5.28. The van der Waals surface area contributed by atoms with Gasteiger partial charge in [-0.05, 0) is 43.2 Å². The zero-order valence-electron chi connectivity index (χ0n) is 31.4. The van der Waals surface area contributed by atoms with Crippen molar-refractivity contribution in [1.82, 2.24) is 0 Å². The Kier molecular flexibility index (Phi) is 19.6. The van der Waals surface area contributed by atoms with Crippen LogP contribution in [0.2, 0.25) is 0 Å². The fraction of sp³-hybridized carbons (Fsp3) is 0.118. The highest BCUT2D eigenvalue weighted by Gasteiger charge is 2.39. The van der Waals surface area contributed by atoms with Gasteiger partial charge in [0.05, 0.1) is 102 Å². The second-order valence-electron chi connectivity index (χ2n) is 11.9. The van der Waals surface area contributed by atoms with Gasteiger partial charge in [-0.2, -0.15) is 0 Å². The minimum Gasteiger partial charge on any atom is -0.106 e. The topological polar surface area (TPSA) is 0 Å². The molecule has 0 aliphatic carbocycles. The first-order chi connectivity index (χ1) is 32.5. The smallest absolute Gasteiger partial charge is 0.0775 e. The van der Waals surface area contributed by atoms with Crippen molar-refractivity contribution in [3.8, 4) is 0 Å². The molecule has 0 amide bonds. The molecule has 0 bridgehead atoms. The zero-order chi connectivity index (χ0) is 43.7. The van der Waals surface area contributed by atoms with Crippen LogP contribution in [-0.4, -0.2) is 20.3 Å². The van der Waals surface area contributed by atoms with Crippen LogP contribution in [0.4, 0.5) is 0 Å². The first-order valence-corrected chi connectivity index (χ1v) is 45.9. The van der Waals surface area contributed by atoms with E-state index < -0.39 is 0 Å². The quantitative estimate of drug-likeness (QED) is 0.211. The first kappa shape index (κ1) is 52.7. The summed E-state index contributed by atoms with van der Waals surface area (Å²) in [5, 5.41) is 13.0. The van der Waals surface area contributed by atoms with Crippen LogP contribution in [-0.2, 0) is 0 Å². The molecule has 1 fully saturated rings. The van der Waals surface area contributed by atoms with Crippen molar-refractivity contribution in [1.29, 1.82) is 0 Å². The van der Waals surface area contributed by atoms with Gasteiger partial charge in [0, 0.05) is 24.6 Å². The van der Waals surface area contributed by atoms with Gasteiger partial charge in [-0.25, -0.2) is 0 Å². The minimum atomic E-state index is 1.04. The molecule has 13 aliphatic heterocycles. The molecular formula is C34H14S32. The van der Waals surface area contributed by atoms with Crippen molar-refractivity contribution in [2.75, 3.05) is 20.3 Å². The Balaban J connectivity index is 0.597. The molecule has 0 aromatic rings. The van der Waals surface area contributed by atoms with Crippen LogP contribution in [0.5, 0.6) is 0 Å². The van der Waals surface area contributed by atoms with Gasteiger partial charge in [0.15, 0.2) is 0 Å². The summed E-state index contributed by atoms with van der Waals surface area (Å²) in [5.74, 6) is 0. The highest BCUT2D eigenvalue weighted by molar-refractivity contribution is 8.84. The normalized spacial score (nSPS) is 27.7. The maximum absolute atomic E-state index is 4.59. The Hall–Kier alpha value is 7.30. The minimum absolute atomic E-state index is 1.04. The van der Waals surface area contributed by atoms with E-state index >= 15 is 0 Å². The zero-order valence-corrected chi connectivity index (χ0v) is 57.5. The van der Waals surface area contributed by atoms with E-state index in [9.17, 15) is 0 Å².